The van der Waals surface area contributed by atoms with E-state index in [-0.39, 0.29) is 12.5 Å². The molecule has 3 N–H and O–H groups in total. The number of hydrogen-bond acceptors (Lipinski definition) is 3. The Bertz CT molecular complexity index is 827. The highest BCUT2D eigenvalue weighted by molar-refractivity contribution is 5.76. The number of amides is 1. The van der Waals surface area contributed by atoms with Gasteiger partial charge in [0.2, 0.25) is 5.91 Å². The molecule has 0 radical (unpaired) electrons. The number of nitrogens with one attached hydrogen (secondary N) is 1. The number of carbonyl (C=O) groups is 1. The van der Waals surface area contributed by atoms with Gasteiger partial charge in [-0.3, -0.25) is 4.79 Å². The molecule has 4 heteroatoms. The zero-order valence-electron chi connectivity index (χ0n) is 32.4. The van der Waals surface area contributed by atoms with E-state index < -0.39 is 12.1 Å². The van der Waals surface area contributed by atoms with Crippen LogP contribution in [-0.2, 0) is 4.79 Å². The minimum absolute atomic E-state index is 0.0831. The molecule has 0 aliphatic carbocycles. The lowest BCUT2D eigenvalue weighted by Crippen LogP contribution is -2.45. The van der Waals surface area contributed by atoms with Crippen molar-refractivity contribution in [1.29, 1.82) is 0 Å². The smallest absolute Gasteiger partial charge is 0.220 e. The van der Waals surface area contributed by atoms with Crippen LogP contribution in [0.15, 0.2) is 60.8 Å². The highest BCUT2D eigenvalue weighted by Crippen LogP contribution is 2.13. The van der Waals surface area contributed by atoms with Gasteiger partial charge in [-0.1, -0.05) is 177 Å². The first kappa shape index (κ1) is 47.1. The van der Waals surface area contributed by atoms with E-state index in [1.807, 2.05) is 6.08 Å². The normalized spacial score (nSPS) is 13.6. The fraction of sp³-hybridized carbons (Fsp3) is 0.756. The molecule has 284 valence electrons. The third kappa shape index (κ3) is 37.2. The van der Waals surface area contributed by atoms with Crippen LogP contribution in [0, 0.1) is 0 Å². The molecule has 0 saturated heterocycles. The van der Waals surface area contributed by atoms with E-state index in [0.29, 0.717) is 6.42 Å². The largest absolute Gasteiger partial charge is 0.394 e. The zero-order chi connectivity index (χ0) is 35.7. The average molecular weight is 684 g/mol. The molecular weight excluding hydrogens is 602 g/mol. The summed E-state index contributed by atoms with van der Waals surface area (Å²) in [6, 6.07) is -0.647. The number of carbonyl (C=O) groups excluding carboxylic acids is 1. The van der Waals surface area contributed by atoms with Crippen LogP contribution in [0.3, 0.4) is 0 Å². The zero-order valence-corrected chi connectivity index (χ0v) is 32.4. The Morgan fingerprint density at radius 2 is 0.857 bits per heavy atom. The van der Waals surface area contributed by atoms with Crippen molar-refractivity contribution in [2.24, 2.45) is 0 Å². The number of aliphatic hydroxyl groups excluding tert-OH is 2. The molecule has 0 aliphatic rings. The summed E-state index contributed by atoms with van der Waals surface area (Å²) in [7, 11) is 0. The van der Waals surface area contributed by atoms with Crippen molar-refractivity contribution in [2.75, 3.05) is 6.61 Å². The molecule has 2 unspecified atom stereocenters. The summed E-state index contributed by atoms with van der Waals surface area (Å²) < 4.78 is 0. The lowest BCUT2D eigenvalue weighted by molar-refractivity contribution is -0.123. The molecular formula is C45H81NO3. The van der Waals surface area contributed by atoms with Crippen LogP contribution in [0.5, 0.6) is 0 Å². The van der Waals surface area contributed by atoms with E-state index in [0.717, 1.165) is 44.9 Å². The molecule has 0 saturated carbocycles. The Kier molecular flexibility index (Phi) is 38.9. The van der Waals surface area contributed by atoms with Crippen LogP contribution in [-0.4, -0.2) is 34.9 Å². The molecule has 2 atom stereocenters. The molecule has 0 fully saturated rings. The number of unbranched alkanes of at least 4 members (excludes halogenated alkanes) is 22. The molecule has 4 nitrogen and oxygen atoms in total. The quantitative estimate of drug-likeness (QED) is 0.0451. The van der Waals surface area contributed by atoms with Crippen molar-refractivity contribution in [1.82, 2.24) is 5.32 Å². The number of allylic oxidation sites excluding steroid dienone is 9. The Morgan fingerprint density at radius 1 is 0.490 bits per heavy atom. The molecule has 0 aromatic carbocycles. The van der Waals surface area contributed by atoms with Crippen molar-refractivity contribution in [3.63, 3.8) is 0 Å². The summed E-state index contributed by atoms with van der Waals surface area (Å²) in [5.41, 5.74) is 0. The van der Waals surface area contributed by atoms with E-state index in [1.54, 1.807) is 6.08 Å². The predicted octanol–water partition coefficient (Wildman–Crippen LogP) is 13.0. The Hall–Kier alpha value is -1.91. The fourth-order valence-electron chi connectivity index (χ4n) is 5.94. The lowest BCUT2D eigenvalue weighted by Gasteiger charge is -2.19. The van der Waals surface area contributed by atoms with E-state index in [9.17, 15) is 15.0 Å². The van der Waals surface area contributed by atoms with Gasteiger partial charge in [0.1, 0.15) is 0 Å². The maximum absolute atomic E-state index is 12.4. The summed E-state index contributed by atoms with van der Waals surface area (Å²) in [5, 5.41) is 22.9. The average Bonchev–Trinajstić information content (AvgIpc) is 3.10. The van der Waals surface area contributed by atoms with E-state index >= 15 is 0 Å². The summed E-state index contributed by atoms with van der Waals surface area (Å²) in [5.74, 6) is -0.0831. The summed E-state index contributed by atoms with van der Waals surface area (Å²) in [4.78, 5) is 12.4. The van der Waals surface area contributed by atoms with E-state index in [1.165, 1.54) is 135 Å². The summed E-state index contributed by atoms with van der Waals surface area (Å²) >= 11 is 0. The number of rotatable bonds is 37. The van der Waals surface area contributed by atoms with E-state index in [2.05, 4.69) is 67.8 Å². The van der Waals surface area contributed by atoms with Gasteiger partial charge >= 0.3 is 0 Å². The second-order valence-electron chi connectivity index (χ2n) is 14.0. The van der Waals surface area contributed by atoms with Gasteiger partial charge in [-0.05, 0) is 77.0 Å². The SMILES string of the molecule is CCCCCC/C=C/CC/C=C/CC/C=C/C(O)C(CO)NC(=O)CCCCCCCCCCCCC/C=C\C/C=C\CCCCCCC. The van der Waals surface area contributed by atoms with Gasteiger partial charge in [0.05, 0.1) is 18.8 Å². The standard InChI is InChI=1S/C45H81NO3/c1-3-5-7-9-11-13-15-17-19-20-21-22-23-24-25-26-27-29-31-33-35-37-39-41-45(49)46-43(42-47)44(48)40-38-36-34-32-30-28-18-16-14-12-10-8-6-4-2/h14-17,20-21,30,32,38,40,43-44,47-48H,3-13,18-19,22-29,31,33-37,39,41-42H2,1-2H3,(H,46,49)/b16-14+,17-15-,21-20-,32-30+,40-38+. The van der Waals surface area contributed by atoms with Crippen LogP contribution in [0.1, 0.15) is 200 Å². The summed E-state index contributed by atoms with van der Waals surface area (Å²) in [6.45, 7) is 4.25. The second kappa shape index (κ2) is 40.5. The molecule has 0 spiro atoms. The minimum Gasteiger partial charge on any atom is -0.394 e. The van der Waals surface area contributed by atoms with Gasteiger partial charge in [0.15, 0.2) is 0 Å². The van der Waals surface area contributed by atoms with Crippen molar-refractivity contribution in [3.8, 4) is 0 Å². The lowest BCUT2D eigenvalue weighted by atomic mass is 10.0. The van der Waals surface area contributed by atoms with Crippen LogP contribution in [0.4, 0.5) is 0 Å². The van der Waals surface area contributed by atoms with Crippen molar-refractivity contribution < 1.29 is 15.0 Å². The van der Waals surface area contributed by atoms with Crippen LogP contribution in [0.25, 0.3) is 0 Å². The second-order valence-corrected chi connectivity index (χ2v) is 14.0. The third-order valence-electron chi connectivity index (χ3n) is 9.20. The predicted molar refractivity (Wildman–Crippen MR) is 216 cm³/mol. The maximum atomic E-state index is 12.4. The van der Waals surface area contributed by atoms with Gasteiger partial charge in [-0.25, -0.2) is 0 Å². The Morgan fingerprint density at radius 3 is 1.33 bits per heavy atom. The van der Waals surface area contributed by atoms with Gasteiger partial charge in [0.25, 0.3) is 0 Å². The van der Waals surface area contributed by atoms with Crippen molar-refractivity contribution >= 4 is 5.91 Å². The topological polar surface area (TPSA) is 69.6 Å². The minimum atomic E-state index is -0.871. The monoisotopic (exact) mass is 684 g/mol. The fourth-order valence-corrected chi connectivity index (χ4v) is 5.94. The first-order valence-electron chi connectivity index (χ1n) is 21.0. The van der Waals surface area contributed by atoms with Crippen LogP contribution in [0.2, 0.25) is 0 Å². The molecule has 0 bridgehead atoms. The van der Waals surface area contributed by atoms with Crippen molar-refractivity contribution in [2.45, 2.75) is 212 Å². The Balaban J connectivity index is 3.63. The molecule has 1 amide bonds. The van der Waals surface area contributed by atoms with E-state index in [4.69, 9.17) is 0 Å². The molecule has 0 aromatic rings. The van der Waals surface area contributed by atoms with Crippen LogP contribution < -0.4 is 5.32 Å². The van der Waals surface area contributed by atoms with Crippen LogP contribution >= 0.6 is 0 Å². The highest BCUT2D eigenvalue weighted by Gasteiger charge is 2.17. The molecule has 0 rings (SSSR count). The summed E-state index contributed by atoms with van der Waals surface area (Å²) in [6.07, 6.45) is 56.0. The van der Waals surface area contributed by atoms with Crippen molar-refractivity contribution in [3.05, 3.63) is 60.8 Å². The number of hydrogen-bond donors (Lipinski definition) is 3. The molecule has 0 heterocycles. The van der Waals surface area contributed by atoms with Gasteiger partial charge in [-0.2, -0.15) is 0 Å². The van der Waals surface area contributed by atoms with Gasteiger partial charge in [-0.15, -0.1) is 0 Å². The Labute approximate surface area is 305 Å². The first-order valence-corrected chi connectivity index (χ1v) is 21.0. The molecule has 0 aromatic heterocycles. The maximum Gasteiger partial charge on any atom is 0.220 e. The first-order chi connectivity index (χ1) is 24.2. The number of aliphatic hydroxyl groups is 2. The third-order valence-corrected chi connectivity index (χ3v) is 9.20. The highest BCUT2D eigenvalue weighted by atomic mass is 16.3. The van der Waals surface area contributed by atoms with Gasteiger partial charge < -0.3 is 15.5 Å². The molecule has 0 aliphatic heterocycles. The molecule has 49 heavy (non-hydrogen) atoms. The van der Waals surface area contributed by atoms with Gasteiger partial charge in [0, 0.05) is 6.42 Å².